The molecule has 0 spiro atoms. The van der Waals surface area contributed by atoms with Crippen LogP contribution in [0.4, 0.5) is 0 Å². The van der Waals surface area contributed by atoms with Crippen LogP contribution in [-0.4, -0.2) is 15.0 Å². The molecule has 0 aliphatic heterocycles. The van der Waals surface area contributed by atoms with Crippen molar-refractivity contribution in [1.29, 1.82) is 0 Å². The Morgan fingerprint density at radius 2 is 1.53 bits per heavy atom. The molecule has 0 unspecified atom stereocenters. The van der Waals surface area contributed by atoms with Gasteiger partial charge in [0.05, 0.1) is 5.69 Å². The lowest BCUT2D eigenvalue weighted by Gasteiger charge is -2.10. The van der Waals surface area contributed by atoms with E-state index in [1.807, 2.05) is 6.20 Å². The lowest BCUT2D eigenvalue weighted by Crippen LogP contribution is -1.96. The zero-order valence-corrected chi connectivity index (χ0v) is 18.9. The number of aromatic nitrogens is 3. The number of hydrogen-bond acceptors (Lipinski definition) is 2. The van der Waals surface area contributed by atoms with Crippen LogP contribution in [0.3, 0.4) is 0 Å². The Bertz CT molecular complexity index is 1160. The molecule has 0 amide bonds. The molecule has 3 aromatic heterocycles. The average Bonchev–Trinajstić information content (AvgIpc) is 3.06. The van der Waals surface area contributed by atoms with Crippen LogP contribution in [0.15, 0.2) is 48.7 Å². The number of aromatic amines is 1. The summed E-state index contributed by atoms with van der Waals surface area (Å²) in [6.07, 6.45) is 3.03. The first-order valence-electron chi connectivity index (χ1n) is 10.9. The molecule has 0 saturated heterocycles. The minimum atomic E-state index is 0.407. The van der Waals surface area contributed by atoms with Gasteiger partial charge in [-0.3, -0.25) is 9.97 Å². The Kier molecular flexibility index (Phi) is 5.46. The first kappa shape index (κ1) is 20.3. The number of aryl methyl sites for hydroxylation is 2. The van der Waals surface area contributed by atoms with Gasteiger partial charge >= 0.3 is 0 Å². The predicted molar refractivity (Wildman–Crippen MR) is 127 cm³/mol. The van der Waals surface area contributed by atoms with Gasteiger partial charge in [0, 0.05) is 45.3 Å². The van der Waals surface area contributed by atoms with E-state index in [0.717, 1.165) is 29.1 Å². The molecule has 154 valence electrons. The SMILES string of the molecule is Cc1cc(-c2[nH]c3ccc(-c4ccc(CC(C)C)nc4)cc3c2C(C)C)cc(C)n1. The zero-order valence-electron chi connectivity index (χ0n) is 18.9. The molecule has 0 aliphatic carbocycles. The lowest BCUT2D eigenvalue weighted by atomic mass is 9.94. The molecule has 0 radical (unpaired) electrons. The Morgan fingerprint density at radius 3 is 2.13 bits per heavy atom. The molecule has 1 aromatic carbocycles. The highest BCUT2D eigenvalue weighted by atomic mass is 14.7. The second kappa shape index (κ2) is 8.06. The van der Waals surface area contributed by atoms with Crippen LogP contribution >= 0.6 is 0 Å². The second-order valence-corrected chi connectivity index (χ2v) is 9.10. The van der Waals surface area contributed by atoms with Crippen molar-refractivity contribution >= 4 is 10.9 Å². The second-order valence-electron chi connectivity index (χ2n) is 9.10. The lowest BCUT2D eigenvalue weighted by molar-refractivity contribution is 0.635. The van der Waals surface area contributed by atoms with Crippen LogP contribution in [0.2, 0.25) is 0 Å². The molecule has 30 heavy (non-hydrogen) atoms. The van der Waals surface area contributed by atoms with Crippen LogP contribution in [0, 0.1) is 19.8 Å². The van der Waals surface area contributed by atoms with Gasteiger partial charge in [0.15, 0.2) is 0 Å². The Hall–Kier alpha value is -2.94. The molecule has 3 nitrogen and oxygen atoms in total. The first-order valence-corrected chi connectivity index (χ1v) is 10.9. The van der Waals surface area contributed by atoms with Crippen molar-refractivity contribution in [3.05, 3.63) is 71.3 Å². The van der Waals surface area contributed by atoms with E-state index in [2.05, 4.69) is 94.0 Å². The number of H-pyrrole nitrogens is 1. The van der Waals surface area contributed by atoms with Crippen LogP contribution in [0.5, 0.6) is 0 Å². The summed E-state index contributed by atoms with van der Waals surface area (Å²) in [7, 11) is 0. The maximum absolute atomic E-state index is 4.69. The van der Waals surface area contributed by atoms with E-state index in [9.17, 15) is 0 Å². The first-order chi connectivity index (χ1) is 14.3. The van der Waals surface area contributed by atoms with Crippen molar-refractivity contribution in [2.45, 2.75) is 53.9 Å². The largest absolute Gasteiger partial charge is 0.354 e. The molecule has 0 bridgehead atoms. The molecule has 4 aromatic rings. The number of hydrogen-bond donors (Lipinski definition) is 1. The van der Waals surface area contributed by atoms with Crippen LogP contribution < -0.4 is 0 Å². The number of fused-ring (bicyclic) bond motifs is 1. The highest BCUT2D eigenvalue weighted by molar-refractivity contribution is 5.94. The summed E-state index contributed by atoms with van der Waals surface area (Å²) in [6.45, 7) is 13.1. The van der Waals surface area contributed by atoms with Gasteiger partial charge in [-0.25, -0.2) is 0 Å². The summed E-state index contributed by atoms with van der Waals surface area (Å²) in [6, 6.07) is 15.4. The van der Waals surface area contributed by atoms with Gasteiger partial charge in [0.25, 0.3) is 0 Å². The molecular weight excluding hydrogens is 366 g/mol. The molecule has 1 N–H and O–H groups in total. The van der Waals surface area contributed by atoms with Crippen molar-refractivity contribution in [3.8, 4) is 22.4 Å². The van der Waals surface area contributed by atoms with Gasteiger partial charge in [-0.1, -0.05) is 39.8 Å². The van der Waals surface area contributed by atoms with E-state index in [4.69, 9.17) is 4.98 Å². The number of benzene rings is 1. The number of pyridine rings is 2. The Labute approximate surface area is 179 Å². The van der Waals surface area contributed by atoms with E-state index in [1.54, 1.807) is 0 Å². The predicted octanol–water partition coefficient (Wildman–Crippen LogP) is 7.23. The molecule has 0 aliphatic rings. The van der Waals surface area contributed by atoms with E-state index in [1.165, 1.54) is 33.3 Å². The van der Waals surface area contributed by atoms with Gasteiger partial charge in [-0.2, -0.15) is 0 Å². The summed E-state index contributed by atoms with van der Waals surface area (Å²) in [5.74, 6) is 1.02. The third kappa shape index (κ3) is 4.02. The smallest absolute Gasteiger partial charge is 0.0501 e. The quantitative estimate of drug-likeness (QED) is 0.386. The van der Waals surface area contributed by atoms with E-state index in [-0.39, 0.29) is 0 Å². The van der Waals surface area contributed by atoms with E-state index in [0.29, 0.717) is 11.8 Å². The summed E-state index contributed by atoms with van der Waals surface area (Å²) in [5, 5.41) is 1.29. The molecule has 3 heterocycles. The molecule has 0 fully saturated rings. The molecule has 3 heteroatoms. The fourth-order valence-corrected chi connectivity index (χ4v) is 4.33. The van der Waals surface area contributed by atoms with Crippen molar-refractivity contribution < 1.29 is 0 Å². The molecule has 0 atom stereocenters. The average molecular weight is 398 g/mol. The minimum absolute atomic E-state index is 0.407. The number of nitrogens with one attached hydrogen (secondary N) is 1. The zero-order chi connectivity index (χ0) is 21.4. The van der Waals surface area contributed by atoms with Crippen molar-refractivity contribution in [3.63, 3.8) is 0 Å². The van der Waals surface area contributed by atoms with Crippen molar-refractivity contribution in [1.82, 2.24) is 15.0 Å². The van der Waals surface area contributed by atoms with Gasteiger partial charge in [-0.15, -0.1) is 0 Å². The molecular formula is C27H31N3. The van der Waals surface area contributed by atoms with E-state index < -0.39 is 0 Å². The third-order valence-corrected chi connectivity index (χ3v) is 5.56. The highest BCUT2D eigenvalue weighted by Crippen LogP contribution is 2.37. The highest BCUT2D eigenvalue weighted by Gasteiger charge is 2.17. The number of nitrogens with zero attached hydrogens (tertiary/aromatic N) is 2. The summed E-state index contributed by atoms with van der Waals surface area (Å²) >= 11 is 0. The van der Waals surface area contributed by atoms with Gasteiger partial charge in [0.1, 0.15) is 0 Å². The monoisotopic (exact) mass is 397 g/mol. The fourth-order valence-electron chi connectivity index (χ4n) is 4.33. The van der Waals surface area contributed by atoms with Crippen LogP contribution in [0.25, 0.3) is 33.3 Å². The topological polar surface area (TPSA) is 41.6 Å². The molecule has 4 rings (SSSR count). The maximum Gasteiger partial charge on any atom is 0.0501 e. The third-order valence-electron chi connectivity index (χ3n) is 5.56. The van der Waals surface area contributed by atoms with Crippen LogP contribution in [0.1, 0.15) is 56.3 Å². The van der Waals surface area contributed by atoms with Crippen LogP contribution in [-0.2, 0) is 6.42 Å². The van der Waals surface area contributed by atoms with Gasteiger partial charge in [-0.05, 0) is 73.6 Å². The van der Waals surface area contributed by atoms with Gasteiger partial charge in [0.2, 0.25) is 0 Å². The van der Waals surface area contributed by atoms with Crippen molar-refractivity contribution in [2.75, 3.05) is 0 Å². The number of rotatable bonds is 5. The van der Waals surface area contributed by atoms with E-state index >= 15 is 0 Å². The minimum Gasteiger partial charge on any atom is -0.354 e. The summed E-state index contributed by atoms with van der Waals surface area (Å²) < 4.78 is 0. The standard InChI is InChI=1S/C27H31N3/c1-16(2)11-23-9-7-21(15-28-23)20-8-10-25-24(14-20)26(17(3)4)27(30-25)22-12-18(5)29-19(6)13-22/h7-10,12-17,30H,11H2,1-6H3. The van der Waals surface area contributed by atoms with Crippen molar-refractivity contribution in [2.24, 2.45) is 5.92 Å². The van der Waals surface area contributed by atoms with Gasteiger partial charge < -0.3 is 4.98 Å². The summed E-state index contributed by atoms with van der Waals surface area (Å²) in [5.41, 5.74) is 10.6. The summed E-state index contributed by atoms with van der Waals surface area (Å²) in [4.78, 5) is 12.9. The maximum atomic E-state index is 4.69. The Balaban J connectivity index is 1.82. The molecule has 0 saturated carbocycles. The normalized spacial score (nSPS) is 11.7. The Morgan fingerprint density at radius 1 is 0.833 bits per heavy atom. The fraction of sp³-hybridized carbons (Fsp3) is 0.333.